The highest BCUT2D eigenvalue weighted by Gasteiger charge is 2.19. The molecule has 0 aromatic rings. The second-order valence-corrected chi connectivity index (χ2v) is 6.72. The first-order chi connectivity index (χ1) is 9.52. The van der Waals surface area contributed by atoms with Crippen LogP contribution < -0.4 is 5.32 Å². The molecule has 1 heterocycles. The Balaban J connectivity index is 2.35. The van der Waals surface area contributed by atoms with Crippen molar-refractivity contribution in [1.29, 1.82) is 0 Å². The van der Waals surface area contributed by atoms with Gasteiger partial charge in [-0.1, -0.05) is 20.8 Å². The van der Waals surface area contributed by atoms with Crippen LogP contribution in [0.25, 0.3) is 0 Å². The van der Waals surface area contributed by atoms with Crippen LogP contribution in [0.2, 0.25) is 0 Å². The Kier molecular flexibility index (Phi) is 7.97. The minimum Gasteiger partial charge on any atom is -0.396 e. The largest absolute Gasteiger partial charge is 0.396 e. The van der Waals surface area contributed by atoms with Crippen molar-refractivity contribution < 1.29 is 9.90 Å². The van der Waals surface area contributed by atoms with Crippen molar-refractivity contribution in [3.63, 3.8) is 0 Å². The molecule has 0 bridgehead atoms. The molecular weight excluding hydrogens is 252 g/mol. The van der Waals surface area contributed by atoms with Crippen molar-refractivity contribution in [2.75, 3.05) is 26.2 Å². The average Bonchev–Trinajstić information content (AvgIpc) is 2.60. The maximum absolute atomic E-state index is 12.2. The quantitative estimate of drug-likeness (QED) is 0.788. The second-order valence-electron chi connectivity index (χ2n) is 6.72. The fraction of sp³-hybridized carbons (Fsp3) is 0.938. The number of aliphatic hydroxyl groups excluding tert-OH is 1. The van der Waals surface area contributed by atoms with E-state index in [-0.39, 0.29) is 12.6 Å². The summed E-state index contributed by atoms with van der Waals surface area (Å²) in [5.74, 6) is 1.72. The first-order valence-electron chi connectivity index (χ1n) is 8.16. The van der Waals surface area contributed by atoms with Crippen LogP contribution in [-0.2, 0) is 0 Å². The summed E-state index contributed by atoms with van der Waals surface area (Å²) in [6.07, 6.45) is 5.28. The third kappa shape index (κ3) is 6.60. The molecule has 1 fully saturated rings. The van der Waals surface area contributed by atoms with Gasteiger partial charge in [0.2, 0.25) is 0 Å². The Labute approximate surface area is 123 Å². The SMILES string of the molecule is CC(C)CC(CCO)CNC(=O)N1CCCC(C)CC1. The Hall–Kier alpha value is -0.770. The number of nitrogens with zero attached hydrogens (tertiary/aromatic N) is 1. The van der Waals surface area contributed by atoms with Crippen molar-refractivity contribution in [3.8, 4) is 0 Å². The second kappa shape index (κ2) is 9.22. The number of nitrogens with one attached hydrogen (secondary N) is 1. The lowest BCUT2D eigenvalue weighted by Crippen LogP contribution is -2.42. The van der Waals surface area contributed by atoms with Gasteiger partial charge in [-0.15, -0.1) is 0 Å². The summed E-state index contributed by atoms with van der Waals surface area (Å²) in [6, 6.07) is 0.0748. The van der Waals surface area contributed by atoms with E-state index >= 15 is 0 Å². The van der Waals surface area contributed by atoms with Crippen LogP contribution in [0.5, 0.6) is 0 Å². The van der Waals surface area contributed by atoms with Crippen LogP contribution in [0.1, 0.15) is 52.9 Å². The molecule has 2 N–H and O–H groups in total. The van der Waals surface area contributed by atoms with Crippen molar-refractivity contribution in [3.05, 3.63) is 0 Å². The molecule has 20 heavy (non-hydrogen) atoms. The third-order valence-corrected chi connectivity index (χ3v) is 4.19. The minimum absolute atomic E-state index is 0.0748. The van der Waals surface area contributed by atoms with Crippen molar-refractivity contribution in [2.24, 2.45) is 17.8 Å². The molecule has 118 valence electrons. The van der Waals surface area contributed by atoms with Crippen molar-refractivity contribution in [2.45, 2.75) is 52.9 Å². The normalized spacial score (nSPS) is 21.6. The van der Waals surface area contributed by atoms with Gasteiger partial charge in [-0.2, -0.15) is 0 Å². The van der Waals surface area contributed by atoms with Gasteiger partial charge in [-0.25, -0.2) is 4.79 Å². The summed E-state index contributed by atoms with van der Waals surface area (Å²) < 4.78 is 0. The van der Waals surface area contributed by atoms with E-state index in [4.69, 9.17) is 5.11 Å². The summed E-state index contributed by atoms with van der Waals surface area (Å²) in [6.45, 7) is 9.27. The highest BCUT2D eigenvalue weighted by molar-refractivity contribution is 5.74. The van der Waals surface area contributed by atoms with Gasteiger partial charge in [0.1, 0.15) is 0 Å². The molecule has 0 aromatic carbocycles. The molecule has 0 spiro atoms. The molecule has 4 heteroatoms. The fourth-order valence-electron chi connectivity index (χ4n) is 2.96. The van der Waals surface area contributed by atoms with Gasteiger partial charge < -0.3 is 15.3 Å². The monoisotopic (exact) mass is 284 g/mol. The molecule has 0 saturated carbocycles. The number of urea groups is 1. The van der Waals surface area contributed by atoms with E-state index in [0.717, 1.165) is 44.7 Å². The lowest BCUT2D eigenvalue weighted by molar-refractivity contribution is 0.192. The summed E-state index contributed by atoms with van der Waals surface area (Å²) in [5.41, 5.74) is 0. The van der Waals surface area contributed by atoms with Crippen LogP contribution in [0.15, 0.2) is 0 Å². The number of carbonyl (C=O) groups is 1. The summed E-state index contributed by atoms with van der Waals surface area (Å²) in [7, 11) is 0. The molecular formula is C16H32N2O2. The molecule has 0 radical (unpaired) electrons. The Morgan fingerprint density at radius 3 is 2.75 bits per heavy atom. The molecule has 2 atom stereocenters. The fourth-order valence-corrected chi connectivity index (χ4v) is 2.96. The summed E-state index contributed by atoms with van der Waals surface area (Å²) >= 11 is 0. The predicted molar refractivity (Wildman–Crippen MR) is 82.6 cm³/mol. The van der Waals surface area contributed by atoms with E-state index in [1.807, 2.05) is 4.90 Å². The van der Waals surface area contributed by atoms with E-state index in [1.54, 1.807) is 0 Å². The van der Waals surface area contributed by atoms with Crippen LogP contribution in [-0.4, -0.2) is 42.3 Å². The number of amides is 2. The molecule has 0 aliphatic carbocycles. The molecule has 1 aliphatic rings. The zero-order valence-electron chi connectivity index (χ0n) is 13.4. The topological polar surface area (TPSA) is 52.6 Å². The standard InChI is InChI=1S/C16H32N2O2/c1-13(2)11-15(7-10-19)12-17-16(20)18-8-4-5-14(3)6-9-18/h13-15,19H,4-12H2,1-3H3,(H,17,20). The first-order valence-corrected chi connectivity index (χ1v) is 8.16. The number of aliphatic hydroxyl groups is 1. The van der Waals surface area contributed by atoms with Gasteiger partial charge in [0.05, 0.1) is 0 Å². The number of rotatable bonds is 6. The van der Waals surface area contributed by atoms with Gasteiger partial charge in [0.15, 0.2) is 0 Å². The smallest absolute Gasteiger partial charge is 0.317 e. The van der Waals surface area contributed by atoms with Gasteiger partial charge in [-0.05, 0) is 49.9 Å². The number of hydrogen-bond acceptors (Lipinski definition) is 2. The summed E-state index contributed by atoms with van der Waals surface area (Å²) in [5, 5.41) is 12.2. The molecule has 1 saturated heterocycles. The molecule has 4 nitrogen and oxygen atoms in total. The minimum atomic E-state index is 0.0748. The van der Waals surface area contributed by atoms with Crippen LogP contribution >= 0.6 is 0 Å². The molecule has 2 unspecified atom stereocenters. The van der Waals surface area contributed by atoms with Crippen LogP contribution in [0.3, 0.4) is 0 Å². The first kappa shape index (κ1) is 17.3. The van der Waals surface area contributed by atoms with Gasteiger partial charge in [0, 0.05) is 26.2 Å². The van der Waals surface area contributed by atoms with Crippen LogP contribution in [0.4, 0.5) is 4.79 Å². The third-order valence-electron chi connectivity index (χ3n) is 4.19. The Morgan fingerprint density at radius 2 is 2.10 bits per heavy atom. The van der Waals surface area contributed by atoms with Crippen molar-refractivity contribution in [1.82, 2.24) is 10.2 Å². The highest BCUT2D eigenvalue weighted by Crippen LogP contribution is 2.17. The van der Waals surface area contributed by atoms with E-state index < -0.39 is 0 Å². The number of hydrogen-bond donors (Lipinski definition) is 2. The maximum Gasteiger partial charge on any atom is 0.317 e. The average molecular weight is 284 g/mol. The number of carbonyl (C=O) groups excluding carboxylic acids is 1. The number of likely N-dealkylation sites (tertiary alicyclic amines) is 1. The van der Waals surface area contributed by atoms with Gasteiger partial charge >= 0.3 is 6.03 Å². The lowest BCUT2D eigenvalue weighted by atomic mass is 9.94. The summed E-state index contributed by atoms with van der Waals surface area (Å²) in [4.78, 5) is 14.2. The van der Waals surface area contributed by atoms with Crippen molar-refractivity contribution >= 4 is 6.03 Å². The lowest BCUT2D eigenvalue weighted by Gasteiger charge is -2.24. The molecule has 2 amide bonds. The Bertz CT molecular complexity index is 282. The van der Waals surface area contributed by atoms with Gasteiger partial charge in [0.25, 0.3) is 0 Å². The zero-order valence-corrected chi connectivity index (χ0v) is 13.4. The molecule has 1 aliphatic heterocycles. The van der Waals surface area contributed by atoms with E-state index in [1.165, 1.54) is 6.42 Å². The molecule has 1 rings (SSSR count). The van der Waals surface area contributed by atoms with E-state index in [9.17, 15) is 4.79 Å². The Morgan fingerprint density at radius 1 is 1.35 bits per heavy atom. The van der Waals surface area contributed by atoms with E-state index in [0.29, 0.717) is 18.4 Å². The van der Waals surface area contributed by atoms with Gasteiger partial charge in [-0.3, -0.25) is 0 Å². The molecule has 0 aromatic heterocycles. The zero-order chi connectivity index (χ0) is 15.0. The van der Waals surface area contributed by atoms with E-state index in [2.05, 4.69) is 26.1 Å². The van der Waals surface area contributed by atoms with Crippen LogP contribution in [0, 0.1) is 17.8 Å². The maximum atomic E-state index is 12.2. The highest BCUT2D eigenvalue weighted by atomic mass is 16.3. The predicted octanol–water partition coefficient (Wildman–Crippen LogP) is 2.86.